The van der Waals surface area contributed by atoms with Crippen molar-refractivity contribution in [3.05, 3.63) is 79.2 Å². The average Bonchev–Trinajstić information content (AvgIpc) is 3.21. The minimum atomic E-state index is -0.929. The SMILES string of the molecule is CCOC(=O)C1=C(C=Cc2sccc2C)N=C(C)C(C(=O)OCC)C1c1cccc([N+](=O)[O-])c1. The molecule has 2 heterocycles. The monoisotopic (exact) mass is 482 g/mol. The van der Waals surface area contributed by atoms with Gasteiger partial charge in [0, 0.05) is 28.6 Å². The standard InChI is InChI=1S/C25H26N2O6S/c1-5-32-24(28)21-16(4)26-19(10-11-20-15(3)12-13-34-20)23(25(29)33-6-2)22(21)17-8-7-9-18(14-17)27(30)31/h7-14,21-22H,5-6H2,1-4H3. The van der Waals surface area contributed by atoms with Crippen LogP contribution >= 0.6 is 11.3 Å². The Labute approximate surface area is 201 Å². The number of nitrogens with zero attached hydrogens (tertiary/aromatic N) is 2. The molecule has 0 radical (unpaired) electrons. The lowest BCUT2D eigenvalue weighted by Crippen LogP contribution is -2.36. The summed E-state index contributed by atoms with van der Waals surface area (Å²) in [6.45, 7) is 7.32. The van der Waals surface area contributed by atoms with Crippen LogP contribution in [0.4, 0.5) is 5.69 Å². The van der Waals surface area contributed by atoms with Gasteiger partial charge in [-0.1, -0.05) is 12.1 Å². The minimum absolute atomic E-state index is 0.123. The number of allylic oxidation sites excluding steroid dienone is 1. The molecule has 1 aromatic heterocycles. The molecule has 1 aliphatic heterocycles. The summed E-state index contributed by atoms with van der Waals surface area (Å²) in [6, 6.07) is 7.92. The molecule has 0 bridgehead atoms. The van der Waals surface area contributed by atoms with Crippen LogP contribution in [0.2, 0.25) is 0 Å². The third kappa shape index (κ3) is 5.31. The van der Waals surface area contributed by atoms with E-state index in [0.717, 1.165) is 10.4 Å². The van der Waals surface area contributed by atoms with Gasteiger partial charge >= 0.3 is 11.9 Å². The van der Waals surface area contributed by atoms with Crippen molar-refractivity contribution in [3.8, 4) is 0 Å². The summed E-state index contributed by atoms with van der Waals surface area (Å²) >= 11 is 1.55. The van der Waals surface area contributed by atoms with Crippen LogP contribution in [0.15, 0.2) is 58.1 Å². The molecular weight excluding hydrogens is 456 g/mol. The first-order chi connectivity index (χ1) is 16.3. The van der Waals surface area contributed by atoms with E-state index in [0.29, 0.717) is 17.0 Å². The number of carbonyl (C=O) groups is 2. The molecule has 0 amide bonds. The van der Waals surface area contributed by atoms with Gasteiger partial charge in [-0.05, 0) is 62.4 Å². The smallest absolute Gasteiger partial charge is 0.336 e. The lowest BCUT2D eigenvalue weighted by Gasteiger charge is -2.31. The van der Waals surface area contributed by atoms with Gasteiger partial charge in [-0.2, -0.15) is 0 Å². The highest BCUT2D eigenvalue weighted by Gasteiger charge is 2.43. The van der Waals surface area contributed by atoms with Gasteiger partial charge in [0.15, 0.2) is 0 Å². The Kier molecular flexibility index (Phi) is 8.12. The zero-order valence-corrected chi connectivity index (χ0v) is 20.3. The average molecular weight is 483 g/mol. The molecule has 9 heteroatoms. The summed E-state index contributed by atoms with van der Waals surface area (Å²) < 4.78 is 10.6. The van der Waals surface area contributed by atoms with Crippen LogP contribution in [0.5, 0.6) is 0 Å². The number of aryl methyl sites for hydroxylation is 1. The van der Waals surface area contributed by atoms with Gasteiger partial charge in [0.2, 0.25) is 0 Å². The first-order valence-corrected chi connectivity index (χ1v) is 11.8. The number of nitro groups is 1. The molecule has 3 rings (SSSR count). The molecule has 0 aliphatic carbocycles. The number of thiophene rings is 1. The Morgan fingerprint density at radius 2 is 1.88 bits per heavy atom. The van der Waals surface area contributed by atoms with Crippen molar-refractivity contribution >= 4 is 40.8 Å². The van der Waals surface area contributed by atoms with Crippen molar-refractivity contribution in [2.24, 2.45) is 10.9 Å². The van der Waals surface area contributed by atoms with Crippen LogP contribution in [0.1, 0.15) is 42.7 Å². The number of ether oxygens (including phenoxy) is 2. The number of hydrogen-bond donors (Lipinski definition) is 0. The molecule has 0 N–H and O–H groups in total. The first kappa shape index (κ1) is 25.0. The molecule has 178 valence electrons. The van der Waals surface area contributed by atoms with Crippen molar-refractivity contribution < 1.29 is 24.0 Å². The highest BCUT2D eigenvalue weighted by Crippen LogP contribution is 2.41. The van der Waals surface area contributed by atoms with Crippen molar-refractivity contribution in [1.82, 2.24) is 0 Å². The maximum absolute atomic E-state index is 13.2. The third-order valence-electron chi connectivity index (χ3n) is 5.44. The number of esters is 2. The molecule has 2 aromatic rings. The molecule has 1 aliphatic rings. The molecule has 2 unspecified atom stereocenters. The minimum Gasteiger partial charge on any atom is -0.465 e. The molecular formula is C25H26N2O6S. The van der Waals surface area contributed by atoms with Crippen LogP contribution in [0.25, 0.3) is 6.08 Å². The summed E-state index contributed by atoms with van der Waals surface area (Å²) in [6.07, 6.45) is 3.58. The number of hydrogen-bond acceptors (Lipinski definition) is 8. The number of aliphatic imine (C=N–C) groups is 1. The van der Waals surface area contributed by atoms with E-state index in [1.54, 1.807) is 44.3 Å². The number of carbonyl (C=O) groups excluding carboxylic acids is 2. The van der Waals surface area contributed by atoms with Crippen LogP contribution < -0.4 is 0 Å². The summed E-state index contributed by atoms with van der Waals surface area (Å²) in [5, 5.41) is 13.4. The second-order valence-electron chi connectivity index (χ2n) is 7.63. The lowest BCUT2D eigenvalue weighted by molar-refractivity contribution is -0.384. The topological polar surface area (TPSA) is 108 Å². The normalized spacial score (nSPS) is 18.1. The number of nitro benzene ring substituents is 1. The van der Waals surface area contributed by atoms with Gasteiger partial charge in [0.05, 0.1) is 29.4 Å². The fourth-order valence-electron chi connectivity index (χ4n) is 3.89. The van der Waals surface area contributed by atoms with E-state index in [4.69, 9.17) is 9.47 Å². The number of rotatable bonds is 8. The highest BCUT2D eigenvalue weighted by molar-refractivity contribution is 7.11. The van der Waals surface area contributed by atoms with E-state index < -0.39 is 28.7 Å². The molecule has 2 atom stereocenters. The Hall–Kier alpha value is -3.59. The zero-order chi connectivity index (χ0) is 24.8. The van der Waals surface area contributed by atoms with Gasteiger partial charge in [0.25, 0.3) is 5.69 Å². The van der Waals surface area contributed by atoms with E-state index in [2.05, 4.69) is 4.99 Å². The van der Waals surface area contributed by atoms with Crippen molar-refractivity contribution in [2.45, 2.75) is 33.6 Å². The quantitative estimate of drug-likeness (QED) is 0.289. The van der Waals surface area contributed by atoms with Gasteiger partial charge in [-0.15, -0.1) is 11.3 Å². The Morgan fingerprint density at radius 3 is 2.50 bits per heavy atom. The Morgan fingerprint density at radius 1 is 1.15 bits per heavy atom. The maximum atomic E-state index is 13.2. The Bertz CT molecular complexity index is 1190. The molecule has 1 aromatic carbocycles. The lowest BCUT2D eigenvalue weighted by atomic mass is 9.75. The molecule has 34 heavy (non-hydrogen) atoms. The second-order valence-corrected chi connectivity index (χ2v) is 8.58. The van der Waals surface area contributed by atoms with E-state index in [-0.39, 0.29) is 24.5 Å². The third-order valence-corrected chi connectivity index (χ3v) is 6.42. The molecule has 0 saturated carbocycles. The second kappa shape index (κ2) is 11.0. The number of benzene rings is 1. The van der Waals surface area contributed by atoms with Crippen LogP contribution in [0, 0.1) is 23.0 Å². The summed E-state index contributed by atoms with van der Waals surface area (Å²) in [4.78, 5) is 42.7. The number of non-ortho nitro benzene ring substituents is 1. The van der Waals surface area contributed by atoms with Crippen molar-refractivity contribution in [1.29, 1.82) is 0 Å². The van der Waals surface area contributed by atoms with Crippen LogP contribution in [-0.4, -0.2) is 35.8 Å². The van der Waals surface area contributed by atoms with Crippen molar-refractivity contribution in [3.63, 3.8) is 0 Å². The molecule has 0 saturated heterocycles. The summed E-state index contributed by atoms with van der Waals surface area (Å²) in [5.74, 6) is -2.98. The van der Waals surface area contributed by atoms with Gasteiger partial charge < -0.3 is 9.47 Å². The van der Waals surface area contributed by atoms with E-state index in [1.165, 1.54) is 18.2 Å². The molecule has 8 nitrogen and oxygen atoms in total. The Balaban J connectivity index is 2.25. The van der Waals surface area contributed by atoms with Gasteiger partial charge in [0.1, 0.15) is 5.92 Å². The van der Waals surface area contributed by atoms with Gasteiger partial charge in [-0.25, -0.2) is 4.79 Å². The predicted molar refractivity (Wildman–Crippen MR) is 131 cm³/mol. The van der Waals surface area contributed by atoms with Crippen LogP contribution in [0.3, 0.4) is 0 Å². The summed E-state index contributed by atoms with van der Waals surface area (Å²) in [5.41, 5.74) is 2.33. The highest BCUT2D eigenvalue weighted by atomic mass is 32.1. The molecule has 0 fully saturated rings. The summed E-state index contributed by atoms with van der Waals surface area (Å²) in [7, 11) is 0. The van der Waals surface area contributed by atoms with Gasteiger partial charge in [-0.3, -0.25) is 19.9 Å². The van der Waals surface area contributed by atoms with E-state index in [9.17, 15) is 19.7 Å². The van der Waals surface area contributed by atoms with Crippen molar-refractivity contribution in [2.75, 3.05) is 13.2 Å². The fourth-order valence-corrected chi connectivity index (χ4v) is 4.71. The van der Waals surface area contributed by atoms with E-state index in [1.807, 2.05) is 24.4 Å². The first-order valence-electron chi connectivity index (χ1n) is 10.9. The fraction of sp³-hybridized carbons (Fsp3) is 0.320. The van der Waals surface area contributed by atoms with Crippen LogP contribution in [-0.2, 0) is 19.1 Å². The molecule has 0 spiro atoms. The maximum Gasteiger partial charge on any atom is 0.336 e. The zero-order valence-electron chi connectivity index (χ0n) is 19.4. The van der Waals surface area contributed by atoms with E-state index >= 15 is 0 Å². The predicted octanol–water partition coefficient (Wildman–Crippen LogP) is 5.23. The largest absolute Gasteiger partial charge is 0.465 e.